The Hall–Kier alpha value is -2.31. The number of anilines is 3. The number of hydrogen-bond donors (Lipinski definition) is 2. The van der Waals surface area contributed by atoms with Crippen LogP contribution in [0.5, 0.6) is 0 Å². The molecule has 0 aliphatic carbocycles. The first-order chi connectivity index (χ1) is 10.0. The van der Waals surface area contributed by atoms with Crippen LogP contribution in [-0.2, 0) is 0 Å². The van der Waals surface area contributed by atoms with Crippen molar-refractivity contribution < 1.29 is 8.78 Å². The van der Waals surface area contributed by atoms with Gasteiger partial charge < -0.3 is 10.6 Å². The Morgan fingerprint density at radius 1 is 1.24 bits per heavy atom. The van der Waals surface area contributed by atoms with Gasteiger partial charge in [0.1, 0.15) is 11.6 Å². The summed E-state index contributed by atoms with van der Waals surface area (Å²) in [5, 5.41) is 13.4. The van der Waals surface area contributed by atoms with Crippen molar-refractivity contribution in [2.24, 2.45) is 5.92 Å². The van der Waals surface area contributed by atoms with Gasteiger partial charge >= 0.3 is 0 Å². The van der Waals surface area contributed by atoms with Gasteiger partial charge in [0.15, 0.2) is 5.82 Å². The van der Waals surface area contributed by atoms with Gasteiger partial charge in [0.05, 0.1) is 11.9 Å². The fourth-order valence-corrected chi connectivity index (χ4v) is 1.64. The molecule has 0 amide bonds. The second kappa shape index (κ2) is 6.92. The predicted molar refractivity (Wildman–Crippen MR) is 77.4 cm³/mol. The molecule has 112 valence electrons. The van der Waals surface area contributed by atoms with Crippen molar-refractivity contribution in [2.75, 3.05) is 17.2 Å². The second-order valence-electron chi connectivity index (χ2n) is 5.02. The molecule has 0 bridgehead atoms. The maximum absolute atomic E-state index is 13.5. The topological polar surface area (TPSA) is 62.7 Å². The van der Waals surface area contributed by atoms with Crippen LogP contribution in [0.25, 0.3) is 0 Å². The second-order valence-corrected chi connectivity index (χ2v) is 5.02. The fourth-order valence-electron chi connectivity index (χ4n) is 1.64. The third kappa shape index (κ3) is 4.62. The van der Waals surface area contributed by atoms with E-state index in [4.69, 9.17) is 0 Å². The van der Waals surface area contributed by atoms with Gasteiger partial charge in [0.25, 0.3) is 0 Å². The lowest BCUT2D eigenvalue weighted by Crippen LogP contribution is -2.09. The number of rotatable bonds is 6. The first kappa shape index (κ1) is 15.1. The molecule has 1 heterocycles. The summed E-state index contributed by atoms with van der Waals surface area (Å²) in [5.74, 6) is -0.0522. The highest BCUT2D eigenvalue weighted by Crippen LogP contribution is 2.19. The Bertz CT molecular complexity index is 604. The highest BCUT2D eigenvalue weighted by Gasteiger charge is 2.06. The zero-order valence-electron chi connectivity index (χ0n) is 11.9. The lowest BCUT2D eigenvalue weighted by molar-refractivity contribution is 0.586. The molecule has 0 aliphatic rings. The normalized spacial score (nSPS) is 10.7. The molecule has 0 spiro atoms. The Kier molecular flexibility index (Phi) is 4.97. The minimum Gasteiger partial charge on any atom is -0.353 e. The number of nitrogens with one attached hydrogen (secondary N) is 2. The molecule has 2 rings (SSSR count). The van der Waals surface area contributed by atoms with Crippen LogP contribution in [0.4, 0.5) is 26.2 Å². The first-order valence-electron chi connectivity index (χ1n) is 6.70. The van der Waals surface area contributed by atoms with E-state index in [0.717, 1.165) is 19.0 Å². The molecule has 21 heavy (non-hydrogen) atoms. The summed E-state index contributed by atoms with van der Waals surface area (Å²) in [6.07, 6.45) is 2.35. The first-order valence-corrected chi connectivity index (χ1v) is 6.70. The molecule has 2 N–H and O–H groups in total. The molecule has 7 heteroatoms. The van der Waals surface area contributed by atoms with E-state index in [-0.39, 0.29) is 5.69 Å². The summed E-state index contributed by atoms with van der Waals surface area (Å²) >= 11 is 0. The van der Waals surface area contributed by atoms with Gasteiger partial charge in [0, 0.05) is 12.6 Å². The number of halogens is 2. The molecular formula is C14H17F2N5. The van der Waals surface area contributed by atoms with E-state index in [1.807, 2.05) is 0 Å². The highest BCUT2D eigenvalue weighted by molar-refractivity contribution is 5.56. The summed E-state index contributed by atoms with van der Waals surface area (Å²) < 4.78 is 26.4. The van der Waals surface area contributed by atoms with Gasteiger partial charge in [-0.15, -0.1) is 5.10 Å². The van der Waals surface area contributed by atoms with Crippen molar-refractivity contribution in [3.63, 3.8) is 0 Å². The van der Waals surface area contributed by atoms with Crippen LogP contribution in [0.2, 0.25) is 0 Å². The van der Waals surface area contributed by atoms with E-state index < -0.39 is 11.6 Å². The quantitative estimate of drug-likeness (QED) is 0.855. The number of benzene rings is 1. The van der Waals surface area contributed by atoms with Gasteiger partial charge in [-0.2, -0.15) is 10.1 Å². The number of hydrogen-bond acceptors (Lipinski definition) is 5. The van der Waals surface area contributed by atoms with Crippen molar-refractivity contribution in [3.8, 4) is 0 Å². The molecule has 0 unspecified atom stereocenters. The van der Waals surface area contributed by atoms with Crippen LogP contribution in [0.3, 0.4) is 0 Å². The van der Waals surface area contributed by atoms with Crippen LogP contribution in [0, 0.1) is 17.6 Å². The summed E-state index contributed by atoms with van der Waals surface area (Å²) in [7, 11) is 0. The van der Waals surface area contributed by atoms with E-state index in [2.05, 4.69) is 39.7 Å². The molecular weight excluding hydrogens is 276 g/mol. The summed E-state index contributed by atoms with van der Waals surface area (Å²) in [5.41, 5.74) is 0.130. The van der Waals surface area contributed by atoms with E-state index in [9.17, 15) is 8.78 Å². The summed E-state index contributed by atoms with van der Waals surface area (Å²) in [6.45, 7) is 4.97. The molecule has 0 fully saturated rings. The summed E-state index contributed by atoms with van der Waals surface area (Å²) in [6, 6.07) is 3.28. The van der Waals surface area contributed by atoms with Crippen molar-refractivity contribution in [3.05, 3.63) is 36.0 Å². The molecule has 1 aromatic carbocycles. The van der Waals surface area contributed by atoms with Crippen molar-refractivity contribution in [1.82, 2.24) is 15.2 Å². The standard InChI is InChI=1S/C14H17F2N5/c1-9(2)5-6-17-14-20-13(8-18-21-14)19-12-4-3-10(15)7-11(12)16/h3-4,7-9H,5-6H2,1-2H3,(H2,17,19,20,21). The average Bonchev–Trinajstić information content (AvgIpc) is 2.42. The van der Waals surface area contributed by atoms with Crippen LogP contribution >= 0.6 is 0 Å². The Morgan fingerprint density at radius 2 is 2.05 bits per heavy atom. The van der Waals surface area contributed by atoms with E-state index >= 15 is 0 Å². The van der Waals surface area contributed by atoms with Crippen LogP contribution in [0.15, 0.2) is 24.4 Å². The molecule has 1 aromatic heterocycles. The van der Waals surface area contributed by atoms with Crippen LogP contribution in [-0.4, -0.2) is 21.7 Å². The molecule has 5 nitrogen and oxygen atoms in total. The minimum absolute atomic E-state index is 0.130. The molecule has 0 atom stereocenters. The maximum Gasteiger partial charge on any atom is 0.244 e. The SMILES string of the molecule is CC(C)CCNc1nncc(Nc2ccc(F)cc2F)n1. The Labute approximate surface area is 121 Å². The minimum atomic E-state index is -0.692. The van der Waals surface area contributed by atoms with Gasteiger partial charge in [-0.3, -0.25) is 0 Å². The molecule has 0 aliphatic heterocycles. The Balaban J connectivity index is 2.03. The maximum atomic E-state index is 13.5. The zero-order chi connectivity index (χ0) is 15.2. The molecule has 0 saturated carbocycles. The van der Waals surface area contributed by atoms with Crippen LogP contribution in [0.1, 0.15) is 20.3 Å². The van der Waals surface area contributed by atoms with E-state index in [1.165, 1.54) is 18.3 Å². The molecule has 0 radical (unpaired) electrons. The van der Waals surface area contributed by atoms with Gasteiger partial charge in [-0.25, -0.2) is 8.78 Å². The Morgan fingerprint density at radius 3 is 2.76 bits per heavy atom. The average molecular weight is 293 g/mol. The van der Waals surface area contributed by atoms with Gasteiger partial charge in [-0.05, 0) is 24.5 Å². The molecule has 2 aromatic rings. The summed E-state index contributed by atoms with van der Waals surface area (Å²) in [4.78, 5) is 4.17. The monoisotopic (exact) mass is 293 g/mol. The zero-order valence-corrected chi connectivity index (χ0v) is 11.9. The number of aromatic nitrogens is 3. The van der Waals surface area contributed by atoms with E-state index in [1.54, 1.807) is 0 Å². The highest BCUT2D eigenvalue weighted by atomic mass is 19.1. The van der Waals surface area contributed by atoms with Crippen LogP contribution < -0.4 is 10.6 Å². The van der Waals surface area contributed by atoms with Gasteiger partial charge in [0.2, 0.25) is 5.95 Å². The largest absolute Gasteiger partial charge is 0.353 e. The smallest absolute Gasteiger partial charge is 0.244 e. The lowest BCUT2D eigenvalue weighted by Gasteiger charge is -2.09. The van der Waals surface area contributed by atoms with Crippen molar-refractivity contribution in [1.29, 1.82) is 0 Å². The van der Waals surface area contributed by atoms with Crippen molar-refractivity contribution >= 4 is 17.5 Å². The number of nitrogens with zero attached hydrogens (tertiary/aromatic N) is 3. The molecule has 0 saturated heterocycles. The third-order valence-electron chi connectivity index (χ3n) is 2.76. The van der Waals surface area contributed by atoms with E-state index in [0.29, 0.717) is 17.7 Å². The lowest BCUT2D eigenvalue weighted by atomic mass is 10.1. The van der Waals surface area contributed by atoms with Crippen molar-refractivity contribution in [2.45, 2.75) is 20.3 Å². The predicted octanol–water partition coefficient (Wildman–Crippen LogP) is 3.35. The third-order valence-corrected chi connectivity index (χ3v) is 2.76. The fraction of sp³-hybridized carbons (Fsp3) is 0.357. The van der Waals surface area contributed by atoms with Gasteiger partial charge in [-0.1, -0.05) is 13.8 Å².